The first-order chi connectivity index (χ1) is 11.8. The summed E-state index contributed by atoms with van der Waals surface area (Å²) in [6.07, 6.45) is 19.0. The molecule has 1 aliphatic carbocycles. The van der Waals surface area contributed by atoms with Crippen molar-refractivity contribution in [2.24, 2.45) is 11.8 Å². The van der Waals surface area contributed by atoms with E-state index in [9.17, 15) is 0 Å². The maximum atomic E-state index is 3.15. The lowest BCUT2D eigenvalue weighted by atomic mass is 9.81. The van der Waals surface area contributed by atoms with E-state index >= 15 is 0 Å². The minimum absolute atomic E-state index is 0.752. The van der Waals surface area contributed by atoms with Crippen molar-refractivity contribution in [3.8, 4) is 11.8 Å². The fourth-order valence-electron chi connectivity index (χ4n) is 3.38. The summed E-state index contributed by atoms with van der Waals surface area (Å²) in [6, 6.07) is 8.83. The molecule has 0 N–H and O–H groups in total. The Morgan fingerprint density at radius 3 is 2.33 bits per heavy atom. The Bertz CT molecular complexity index is 569. The molecule has 0 heterocycles. The van der Waals surface area contributed by atoms with Gasteiger partial charge in [0.1, 0.15) is 0 Å². The van der Waals surface area contributed by atoms with Crippen LogP contribution in [-0.4, -0.2) is 0 Å². The first-order valence-electron chi connectivity index (χ1n) is 9.75. The molecule has 0 bridgehead atoms. The van der Waals surface area contributed by atoms with Crippen molar-refractivity contribution in [1.82, 2.24) is 0 Å². The molecule has 0 spiro atoms. The van der Waals surface area contributed by atoms with Gasteiger partial charge in [0.2, 0.25) is 0 Å². The maximum absolute atomic E-state index is 3.15. The quantitative estimate of drug-likeness (QED) is 0.504. The Labute approximate surface area is 149 Å². The molecule has 0 radical (unpaired) electrons. The molecule has 1 aromatic rings. The summed E-state index contributed by atoms with van der Waals surface area (Å²) in [5, 5.41) is 0. The van der Waals surface area contributed by atoms with Gasteiger partial charge in [-0.1, -0.05) is 68.9 Å². The second-order valence-corrected chi connectivity index (χ2v) is 7.02. The summed E-state index contributed by atoms with van der Waals surface area (Å²) >= 11 is 0. The zero-order valence-electron chi connectivity index (χ0n) is 15.4. The van der Waals surface area contributed by atoms with Gasteiger partial charge in [0.25, 0.3) is 0 Å². The van der Waals surface area contributed by atoms with Gasteiger partial charge in [-0.2, -0.15) is 0 Å². The van der Waals surface area contributed by atoms with Crippen LogP contribution in [0, 0.1) is 23.7 Å². The van der Waals surface area contributed by atoms with Crippen LogP contribution in [0.25, 0.3) is 6.08 Å². The second kappa shape index (κ2) is 10.9. The number of unbranched alkanes of at least 4 members (excludes halogenated alkanes) is 1. The molecule has 1 fully saturated rings. The Hall–Kier alpha value is -1.74. The first-order valence-corrected chi connectivity index (χ1v) is 9.75. The van der Waals surface area contributed by atoms with Gasteiger partial charge in [-0.05, 0) is 79.7 Å². The minimum atomic E-state index is 0.752. The van der Waals surface area contributed by atoms with Crippen molar-refractivity contribution in [3.63, 3.8) is 0 Å². The summed E-state index contributed by atoms with van der Waals surface area (Å²) < 4.78 is 0. The van der Waals surface area contributed by atoms with Crippen LogP contribution >= 0.6 is 0 Å². The molecule has 0 heteroatoms. The smallest absolute Gasteiger partial charge is 0.0109 e. The molecule has 1 aliphatic rings. The number of hydrogen-bond acceptors (Lipinski definition) is 0. The van der Waals surface area contributed by atoms with E-state index in [0.29, 0.717) is 0 Å². The lowest BCUT2D eigenvalue weighted by Crippen LogP contribution is -2.11. The molecular weight excluding hydrogens is 288 g/mol. The molecule has 1 saturated carbocycles. The first kappa shape index (κ1) is 18.6. The molecule has 0 amide bonds. The molecule has 128 valence electrons. The Kier molecular flexibility index (Phi) is 8.47. The van der Waals surface area contributed by atoms with Crippen LogP contribution < -0.4 is 0 Å². The predicted molar refractivity (Wildman–Crippen MR) is 107 cm³/mol. The van der Waals surface area contributed by atoms with E-state index in [4.69, 9.17) is 0 Å². The van der Waals surface area contributed by atoms with Crippen LogP contribution in [0.1, 0.15) is 69.9 Å². The molecule has 0 nitrogen and oxygen atoms in total. The molecule has 2 rings (SSSR count). The Morgan fingerprint density at radius 2 is 1.67 bits per heavy atom. The number of allylic oxidation sites excluding steroid dienone is 3. The van der Waals surface area contributed by atoms with Crippen LogP contribution in [0.5, 0.6) is 0 Å². The number of rotatable bonds is 6. The van der Waals surface area contributed by atoms with E-state index in [0.717, 1.165) is 11.8 Å². The van der Waals surface area contributed by atoms with E-state index in [-0.39, 0.29) is 0 Å². The predicted octanol–water partition coefficient (Wildman–Crippen LogP) is 6.82. The van der Waals surface area contributed by atoms with E-state index in [2.05, 4.69) is 68.2 Å². The van der Waals surface area contributed by atoms with Gasteiger partial charge >= 0.3 is 0 Å². The van der Waals surface area contributed by atoms with Crippen molar-refractivity contribution in [2.75, 3.05) is 0 Å². The zero-order chi connectivity index (χ0) is 17.0. The van der Waals surface area contributed by atoms with Crippen molar-refractivity contribution in [1.29, 1.82) is 0 Å². The average Bonchev–Trinajstić information content (AvgIpc) is 2.64. The van der Waals surface area contributed by atoms with Crippen LogP contribution in [0.3, 0.4) is 0 Å². The molecule has 0 atom stereocenters. The van der Waals surface area contributed by atoms with Crippen molar-refractivity contribution in [3.05, 3.63) is 53.6 Å². The molecule has 1 aromatic carbocycles. The molecule has 0 saturated heterocycles. The Morgan fingerprint density at radius 1 is 0.958 bits per heavy atom. The van der Waals surface area contributed by atoms with E-state index in [1.807, 2.05) is 6.08 Å². The molecule has 0 aliphatic heterocycles. The second-order valence-electron chi connectivity index (χ2n) is 7.02. The van der Waals surface area contributed by atoms with Crippen LogP contribution in [0.4, 0.5) is 0 Å². The van der Waals surface area contributed by atoms with Crippen LogP contribution in [-0.2, 0) is 6.42 Å². The largest absolute Gasteiger partial charge is 0.0730 e. The summed E-state index contributed by atoms with van der Waals surface area (Å²) in [7, 11) is 0. The van der Waals surface area contributed by atoms with Gasteiger partial charge in [0.05, 0.1) is 0 Å². The van der Waals surface area contributed by atoms with Gasteiger partial charge in [-0.15, -0.1) is 0 Å². The summed E-state index contributed by atoms with van der Waals surface area (Å²) in [5.74, 6) is 8.00. The SMILES string of the molecule is CCCCc1ccc(C=CC#CC=CC2CCC(CC)CC2)cc1. The van der Waals surface area contributed by atoms with Gasteiger partial charge in [0, 0.05) is 0 Å². The highest BCUT2D eigenvalue weighted by Crippen LogP contribution is 2.31. The van der Waals surface area contributed by atoms with Gasteiger partial charge in [-0.25, -0.2) is 0 Å². The van der Waals surface area contributed by atoms with Gasteiger partial charge in [0.15, 0.2) is 0 Å². The van der Waals surface area contributed by atoms with Crippen molar-refractivity contribution in [2.45, 2.75) is 65.2 Å². The number of benzene rings is 1. The fourth-order valence-corrected chi connectivity index (χ4v) is 3.38. The molecular formula is C24H32. The van der Waals surface area contributed by atoms with E-state index in [1.54, 1.807) is 0 Å². The molecule has 24 heavy (non-hydrogen) atoms. The lowest BCUT2D eigenvalue weighted by Gasteiger charge is -2.25. The standard InChI is InChI=1S/C24H32/c1-3-5-10-22-17-19-24(20-18-22)12-9-7-6-8-11-23-15-13-21(4-2)14-16-23/h8-9,11-12,17-21,23H,3-5,10,13-16H2,1-2H3. The zero-order valence-corrected chi connectivity index (χ0v) is 15.4. The summed E-state index contributed by atoms with van der Waals surface area (Å²) in [6.45, 7) is 4.55. The summed E-state index contributed by atoms with van der Waals surface area (Å²) in [5.41, 5.74) is 2.66. The highest BCUT2D eigenvalue weighted by molar-refractivity contribution is 5.53. The molecule has 0 aromatic heterocycles. The topological polar surface area (TPSA) is 0 Å². The lowest BCUT2D eigenvalue weighted by molar-refractivity contribution is 0.304. The number of hydrogen-bond donors (Lipinski definition) is 0. The Balaban J connectivity index is 1.74. The van der Waals surface area contributed by atoms with Crippen molar-refractivity contribution >= 4 is 6.08 Å². The minimum Gasteiger partial charge on any atom is -0.0730 e. The maximum Gasteiger partial charge on any atom is -0.0109 e. The molecule has 0 unspecified atom stereocenters. The normalized spacial score (nSPS) is 21.1. The third-order valence-electron chi connectivity index (χ3n) is 5.16. The van der Waals surface area contributed by atoms with E-state index in [1.165, 1.54) is 62.5 Å². The van der Waals surface area contributed by atoms with Crippen LogP contribution in [0.15, 0.2) is 42.5 Å². The third kappa shape index (κ3) is 6.79. The highest BCUT2D eigenvalue weighted by atomic mass is 14.2. The van der Waals surface area contributed by atoms with Crippen LogP contribution in [0.2, 0.25) is 0 Å². The monoisotopic (exact) mass is 320 g/mol. The fraction of sp³-hybridized carbons (Fsp3) is 0.500. The van der Waals surface area contributed by atoms with Crippen molar-refractivity contribution < 1.29 is 0 Å². The van der Waals surface area contributed by atoms with Gasteiger partial charge < -0.3 is 0 Å². The van der Waals surface area contributed by atoms with E-state index < -0.39 is 0 Å². The highest BCUT2D eigenvalue weighted by Gasteiger charge is 2.17. The average molecular weight is 321 g/mol. The third-order valence-corrected chi connectivity index (χ3v) is 5.16. The number of aryl methyl sites for hydroxylation is 1. The summed E-state index contributed by atoms with van der Waals surface area (Å²) in [4.78, 5) is 0. The van der Waals surface area contributed by atoms with Gasteiger partial charge in [-0.3, -0.25) is 0 Å².